The number of hydrogen-bond donors (Lipinski definition) is 0. The molecule has 1 aromatic heterocycles. The van der Waals surface area contributed by atoms with Gasteiger partial charge in [-0.25, -0.2) is 8.42 Å². The van der Waals surface area contributed by atoms with Gasteiger partial charge < -0.3 is 4.74 Å². The van der Waals surface area contributed by atoms with E-state index in [9.17, 15) is 13.2 Å². The molecular weight excluding hydrogens is 388 g/mol. The molecule has 6 nitrogen and oxygen atoms in total. The summed E-state index contributed by atoms with van der Waals surface area (Å²) in [6.45, 7) is 2.24. The number of piperidine rings is 1. The number of aromatic nitrogens is 1. The van der Waals surface area contributed by atoms with Crippen molar-refractivity contribution in [2.45, 2.75) is 30.8 Å². The number of benzene rings is 2. The van der Waals surface area contributed by atoms with Gasteiger partial charge in [-0.05, 0) is 44.0 Å². The lowest BCUT2D eigenvalue weighted by Crippen LogP contribution is -2.41. The van der Waals surface area contributed by atoms with Gasteiger partial charge in [-0.15, -0.1) is 0 Å². The van der Waals surface area contributed by atoms with Crippen LogP contribution in [0.3, 0.4) is 0 Å². The third-order valence-electron chi connectivity index (χ3n) is 5.19. The smallest absolute Gasteiger partial charge is 0.243 e. The normalized spacial score (nSPS) is 16.0. The number of fused-ring (bicyclic) bond motifs is 1. The third kappa shape index (κ3) is 4.02. The number of rotatable bonds is 5. The lowest BCUT2D eigenvalue weighted by atomic mass is 10.1. The van der Waals surface area contributed by atoms with Crippen LogP contribution in [0, 0.1) is 0 Å². The Morgan fingerprint density at radius 2 is 1.72 bits per heavy atom. The van der Waals surface area contributed by atoms with Crippen molar-refractivity contribution in [3.8, 4) is 5.75 Å². The van der Waals surface area contributed by atoms with Crippen molar-refractivity contribution in [3.63, 3.8) is 0 Å². The molecule has 0 spiro atoms. The zero-order chi connectivity index (χ0) is 20.4. The Bertz CT molecular complexity index is 1130. The van der Waals surface area contributed by atoms with Crippen molar-refractivity contribution in [2.75, 3.05) is 13.1 Å². The average Bonchev–Trinajstić information content (AvgIpc) is 2.74. The lowest BCUT2D eigenvalue weighted by Gasteiger charge is -2.31. The summed E-state index contributed by atoms with van der Waals surface area (Å²) in [6, 6.07) is 15.8. The first-order chi connectivity index (χ1) is 13.9. The topological polar surface area (TPSA) is 76.6 Å². The van der Waals surface area contributed by atoms with Gasteiger partial charge in [-0.1, -0.05) is 30.3 Å². The van der Waals surface area contributed by atoms with Gasteiger partial charge in [0.05, 0.1) is 4.90 Å². The van der Waals surface area contributed by atoms with Gasteiger partial charge in [-0.3, -0.25) is 9.78 Å². The molecule has 1 fully saturated rings. The van der Waals surface area contributed by atoms with Gasteiger partial charge in [0.1, 0.15) is 17.4 Å². The minimum atomic E-state index is -3.58. The van der Waals surface area contributed by atoms with Gasteiger partial charge >= 0.3 is 0 Å². The number of Topliss-reactive ketones (excluding diaryl/α,β-unsaturated/α-hetero) is 1. The van der Waals surface area contributed by atoms with Gasteiger partial charge in [0.25, 0.3) is 0 Å². The summed E-state index contributed by atoms with van der Waals surface area (Å²) >= 11 is 0. The molecule has 0 N–H and O–H groups in total. The number of ketones is 1. The third-order valence-corrected chi connectivity index (χ3v) is 7.10. The highest BCUT2D eigenvalue weighted by molar-refractivity contribution is 7.89. The van der Waals surface area contributed by atoms with Gasteiger partial charge in [0.2, 0.25) is 10.0 Å². The van der Waals surface area contributed by atoms with Crippen molar-refractivity contribution in [2.24, 2.45) is 0 Å². The van der Waals surface area contributed by atoms with Gasteiger partial charge in [0, 0.05) is 30.2 Å². The highest BCUT2D eigenvalue weighted by Gasteiger charge is 2.30. The Morgan fingerprint density at radius 1 is 1.03 bits per heavy atom. The molecule has 4 rings (SSSR count). The summed E-state index contributed by atoms with van der Waals surface area (Å²) in [5.74, 6) is 0.638. The monoisotopic (exact) mass is 410 g/mol. The Kier molecular flexibility index (Phi) is 5.34. The van der Waals surface area contributed by atoms with Crippen LogP contribution >= 0.6 is 0 Å². The van der Waals surface area contributed by atoms with Crippen LogP contribution in [0.2, 0.25) is 0 Å². The van der Waals surface area contributed by atoms with E-state index in [1.165, 1.54) is 23.4 Å². The van der Waals surface area contributed by atoms with Crippen LogP contribution in [0.1, 0.15) is 30.1 Å². The summed E-state index contributed by atoms with van der Waals surface area (Å²) < 4.78 is 33.4. The summed E-state index contributed by atoms with van der Waals surface area (Å²) in [7, 11) is -3.58. The van der Waals surface area contributed by atoms with Crippen molar-refractivity contribution in [3.05, 3.63) is 66.4 Å². The maximum Gasteiger partial charge on any atom is 0.243 e. The number of carbonyl (C=O) groups excluding carboxylic acids is 1. The van der Waals surface area contributed by atoms with E-state index in [0.717, 1.165) is 16.7 Å². The molecule has 0 bridgehead atoms. The van der Waals surface area contributed by atoms with Crippen LogP contribution in [-0.4, -0.2) is 42.7 Å². The van der Waals surface area contributed by atoms with E-state index in [4.69, 9.17) is 4.74 Å². The van der Waals surface area contributed by atoms with E-state index in [0.29, 0.717) is 31.5 Å². The maximum absolute atomic E-state index is 12.9. The number of para-hydroxylation sites is 1. The zero-order valence-electron chi connectivity index (χ0n) is 16.1. The quantitative estimate of drug-likeness (QED) is 0.600. The molecule has 0 unspecified atom stereocenters. The van der Waals surface area contributed by atoms with Crippen molar-refractivity contribution in [1.29, 1.82) is 0 Å². The fourth-order valence-electron chi connectivity index (χ4n) is 3.55. The molecule has 0 saturated carbocycles. The molecule has 1 saturated heterocycles. The summed E-state index contributed by atoms with van der Waals surface area (Å²) in [5, 5.41) is 1.01. The SMILES string of the molecule is CC(=O)c1ccc(S(=O)(=O)N2CCC(Oc3cccc4cccnc34)CC2)cc1. The summed E-state index contributed by atoms with van der Waals surface area (Å²) in [5.41, 5.74) is 1.32. The largest absolute Gasteiger partial charge is 0.488 e. The van der Waals surface area contributed by atoms with Crippen molar-refractivity contribution < 1.29 is 17.9 Å². The lowest BCUT2D eigenvalue weighted by molar-refractivity contribution is 0.101. The van der Waals surface area contributed by atoms with Crippen LogP contribution in [0.4, 0.5) is 0 Å². The van der Waals surface area contributed by atoms with Crippen LogP contribution in [-0.2, 0) is 10.0 Å². The molecule has 29 heavy (non-hydrogen) atoms. The standard InChI is InChI=1S/C22H22N2O4S/c1-16(25)17-7-9-20(10-8-17)29(26,27)24-14-11-19(12-15-24)28-21-6-2-4-18-5-3-13-23-22(18)21/h2-10,13,19H,11-12,14-15H2,1H3. The van der Waals surface area contributed by atoms with Gasteiger partial charge in [-0.2, -0.15) is 4.31 Å². The van der Waals surface area contributed by atoms with E-state index in [1.807, 2.05) is 30.3 Å². The number of hydrogen-bond acceptors (Lipinski definition) is 5. The molecule has 2 aromatic carbocycles. The predicted octanol–water partition coefficient (Wildman–Crippen LogP) is 3.67. The highest BCUT2D eigenvalue weighted by Crippen LogP contribution is 2.28. The molecule has 150 valence electrons. The van der Waals surface area contributed by atoms with Crippen molar-refractivity contribution >= 4 is 26.7 Å². The number of sulfonamides is 1. The highest BCUT2D eigenvalue weighted by atomic mass is 32.2. The van der Waals surface area contributed by atoms with Crippen LogP contribution < -0.4 is 4.74 Å². The molecule has 3 aromatic rings. The zero-order valence-corrected chi connectivity index (χ0v) is 16.9. The first-order valence-electron chi connectivity index (χ1n) is 9.57. The molecule has 0 radical (unpaired) electrons. The second-order valence-corrected chi connectivity index (χ2v) is 9.07. The van der Waals surface area contributed by atoms with E-state index in [-0.39, 0.29) is 16.8 Å². The molecule has 0 aliphatic carbocycles. The maximum atomic E-state index is 12.9. The Morgan fingerprint density at radius 3 is 2.41 bits per heavy atom. The van der Waals surface area contributed by atoms with E-state index >= 15 is 0 Å². The number of carbonyl (C=O) groups is 1. The Labute approximate surface area is 170 Å². The fourth-order valence-corrected chi connectivity index (χ4v) is 5.02. The van der Waals surface area contributed by atoms with Crippen molar-refractivity contribution in [1.82, 2.24) is 9.29 Å². The van der Waals surface area contributed by atoms with Crippen LogP contribution in [0.15, 0.2) is 65.7 Å². The van der Waals surface area contributed by atoms with E-state index in [1.54, 1.807) is 18.3 Å². The van der Waals surface area contributed by atoms with Gasteiger partial charge in [0.15, 0.2) is 5.78 Å². The molecule has 7 heteroatoms. The van der Waals surface area contributed by atoms with E-state index < -0.39 is 10.0 Å². The summed E-state index contributed by atoms with van der Waals surface area (Å²) in [6.07, 6.45) is 2.89. The molecule has 2 heterocycles. The second kappa shape index (κ2) is 7.93. The van der Waals surface area contributed by atoms with Crippen LogP contribution in [0.5, 0.6) is 5.75 Å². The minimum Gasteiger partial charge on any atom is -0.488 e. The first-order valence-corrected chi connectivity index (χ1v) is 11.0. The Balaban J connectivity index is 1.44. The Hall–Kier alpha value is -2.77. The first kappa shape index (κ1) is 19.5. The molecular formula is C22H22N2O4S. The molecule has 1 aliphatic heterocycles. The van der Waals surface area contributed by atoms with E-state index in [2.05, 4.69) is 4.98 Å². The summed E-state index contributed by atoms with van der Waals surface area (Å²) in [4.78, 5) is 16.0. The number of pyridine rings is 1. The number of nitrogens with zero attached hydrogens (tertiary/aromatic N) is 2. The molecule has 0 amide bonds. The molecule has 1 aliphatic rings. The minimum absolute atomic E-state index is 0.0610. The second-order valence-electron chi connectivity index (χ2n) is 7.13. The average molecular weight is 410 g/mol. The number of ether oxygens (including phenoxy) is 1. The fraction of sp³-hybridized carbons (Fsp3) is 0.273. The molecule has 0 atom stereocenters. The van der Waals surface area contributed by atoms with Crippen LogP contribution in [0.25, 0.3) is 10.9 Å². The predicted molar refractivity (Wildman–Crippen MR) is 111 cm³/mol.